The highest BCUT2D eigenvalue weighted by molar-refractivity contribution is 6.30. The molecule has 0 spiro atoms. The Morgan fingerprint density at radius 3 is 2.30 bits per heavy atom. The van der Waals surface area contributed by atoms with Gasteiger partial charge in [-0.2, -0.15) is 0 Å². The third-order valence-electron chi connectivity index (χ3n) is 3.77. The van der Waals surface area contributed by atoms with Crippen molar-refractivity contribution in [1.29, 1.82) is 0 Å². The Hall–Kier alpha value is -3.18. The molecule has 1 amide bonds. The van der Waals surface area contributed by atoms with Gasteiger partial charge in [-0.05, 0) is 28.8 Å². The van der Waals surface area contributed by atoms with E-state index in [0.29, 0.717) is 10.8 Å². The number of hydrogen-bond acceptors (Lipinski definition) is 4. The molecule has 1 heterocycles. The molecule has 0 atom stereocenters. The minimum Gasteiger partial charge on any atom is -0.455 e. The van der Waals surface area contributed by atoms with Crippen LogP contribution in [0.1, 0.15) is 5.56 Å². The second-order valence-corrected chi connectivity index (χ2v) is 6.25. The number of rotatable bonds is 6. The van der Waals surface area contributed by atoms with E-state index < -0.39 is 11.9 Å². The summed E-state index contributed by atoms with van der Waals surface area (Å²) < 4.78 is 5.01. The second-order valence-electron chi connectivity index (χ2n) is 5.81. The van der Waals surface area contributed by atoms with E-state index in [1.807, 2.05) is 54.6 Å². The van der Waals surface area contributed by atoms with Crippen molar-refractivity contribution in [2.75, 3.05) is 11.9 Å². The van der Waals surface area contributed by atoms with Crippen LogP contribution in [-0.2, 0) is 20.7 Å². The van der Waals surface area contributed by atoms with Crippen LogP contribution in [0.5, 0.6) is 0 Å². The van der Waals surface area contributed by atoms with Crippen LogP contribution >= 0.6 is 11.6 Å². The predicted molar refractivity (Wildman–Crippen MR) is 104 cm³/mol. The third kappa shape index (κ3) is 5.66. The van der Waals surface area contributed by atoms with Crippen LogP contribution in [0.2, 0.25) is 5.02 Å². The van der Waals surface area contributed by atoms with Crippen LogP contribution in [0.25, 0.3) is 11.1 Å². The van der Waals surface area contributed by atoms with Gasteiger partial charge in [0, 0.05) is 6.20 Å². The molecule has 2 aromatic carbocycles. The number of anilines is 1. The van der Waals surface area contributed by atoms with E-state index in [0.717, 1.165) is 16.7 Å². The molecule has 3 aromatic rings. The molecule has 1 N–H and O–H groups in total. The van der Waals surface area contributed by atoms with Crippen molar-refractivity contribution in [1.82, 2.24) is 4.98 Å². The number of amides is 1. The molecule has 27 heavy (non-hydrogen) atoms. The molecular formula is C21H17ClN2O3. The molecule has 0 aliphatic carbocycles. The summed E-state index contributed by atoms with van der Waals surface area (Å²) in [6.07, 6.45) is 1.52. The van der Waals surface area contributed by atoms with Crippen molar-refractivity contribution in [3.05, 3.63) is 83.5 Å². The van der Waals surface area contributed by atoms with Gasteiger partial charge >= 0.3 is 5.97 Å². The monoisotopic (exact) mass is 380 g/mol. The van der Waals surface area contributed by atoms with Gasteiger partial charge in [-0.1, -0.05) is 66.2 Å². The number of benzene rings is 2. The number of nitrogens with one attached hydrogen (secondary N) is 1. The van der Waals surface area contributed by atoms with E-state index in [1.165, 1.54) is 6.20 Å². The number of nitrogens with zero attached hydrogens (tertiary/aromatic N) is 1. The van der Waals surface area contributed by atoms with Crippen molar-refractivity contribution < 1.29 is 14.3 Å². The lowest BCUT2D eigenvalue weighted by atomic mass is 10.0. The zero-order valence-corrected chi connectivity index (χ0v) is 15.1. The van der Waals surface area contributed by atoms with Crippen LogP contribution in [0.15, 0.2) is 72.9 Å². The highest BCUT2D eigenvalue weighted by Gasteiger charge is 2.10. The van der Waals surface area contributed by atoms with Crippen LogP contribution in [0, 0.1) is 0 Å². The molecule has 0 aliphatic rings. The Morgan fingerprint density at radius 1 is 0.926 bits per heavy atom. The van der Waals surface area contributed by atoms with Gasteiger partial charge in [0.2, 0.25) is 0 Å². The van der Waals surface area contributed by atoms with Crippen LogP contribution in [0.3, 0.4) is 0 Å². The summed E-state index contributed by atoms with van der Waals surface area (Å²) in [5.74, 6) is -0.587. The molecule has 0 saturated heterocycles. The molecule has 1 aromatic heterocycles. The molecule has 0 saturated carbocycles. The fraction of sp³-hybridized carbons (Fsp3) is 0.0952. The Bertz CT molecular complexity index is 910. The minimum absolute atomic E-state index is 0.0988. The lowest BCUT2D eigenvalue weighted by molar-refractivity contribution is -0.146. The largest absolute Gasteiger partial charge is 0.455 e. The van der Waals surface area contributed by atoms with Crippen LogP contribution in [0.4, 0.5) is 5.82 Å². The van der Waals surface area contributed by atoms with Gasteiger partial charge in [-0.15, -0.1) is 0 Å². The zero-order chi connectivity index (χ0) is 19.1. The number of ether oxygens (including phenoxy) is 1. The molecular weight excluding hydrogens is 364 g/mol. The number of esters is 1. The Labute approximate surface area is 162 Å². The number of pyridine rings is 1. The predicted octanol–water partition coefficient (Wildman–Crippen LogP) is 4.13. The first-order valence-corrected chi connectivity index (χ1v) is 8.69. The summed E-state index contributed by atoms with van der Waals surface area (Å²) in [4.78, 5) is 27.7. The normalized spacial score (nSPS) is 10.3. The number of carbonyl (C=O) groups excluding carboxylic acids is 2. The molecule has 0 unspecified atom stereocenters. The fourth-order valence-corrected chi connectivity index (χ4v) is 2.55. The summed E-state index contributed by atoms with van der Waals surface area (Å²) in [6, 6.07) is 20.8. The lowest BCUT2D eigenvalue weighted by Gasteiger charge is -2.07. The molecule has 0 fully saturated rings. The smallest absolute Gasteiger partial charge is 0.310 e. The van der Waals surface area contributed by atoms with Crippen LogP contribution < -0.4 is 5.32 Å². The number of hydrogen-bond donors (Lipinski definition) is 1. The summed E-state index contributed by atoms with van der Waals surface area (Å²) >= 11 is 5.73. The van der Waals surface area contributed by atoms with E-state index in [-0.39, 0.29) is 13.0 Å². The van der Waals surface area contributed by atoms with Crippen molar-refractivity contribution in [2.45, 2.75) is 6.42 Å². The average molecular weight is 381 g/mol. The third-order valence-corrected chi connectivity index (χ3v) is 3.99. The quantitative estimate of drug-likeness (QED) is 0.653. The molecule has 0 radical (unpaired) electrons. The van der Waals surface area contributed by atoms with Gasteiger partial charge in [-0.25, -0.2) is 4.98 Å². The average Bonchev–Trinajstić information content (AvgIpc) is 2.69. The van der Waals surface area contributed by atoms with Crippen molar-refractivity contribution in [3.63, 3.8) is 0 Å². The minimum atomic E-state index is -0.471. The topological polar surface area (TPSA) is 68.3 Å². The summed E-state index contributed by atoms with van der Waals surface area (Å²) in [7, 11) is 0. The second kappa shape index (κ2) is 8.96. The molecule has 5 nitrogen and oxygen atoms in total. The van der Waals surface area contributed by atoms with Crippen molar-refractivity contribution in [3.8, 4) is 11.1 Å². The highest BCUT2D eigenvalue weighted by atomic mass is 35.5. The molecule has 0 bridgehead atoms. The van der Waals surface area contributed by atoms with Gasteiger partial charge in [0.05, 0.1) is 11.4 Å². The maximum Gasteiger partial charge on any atom is 0.310 e. The van der Waals surface area contributed by atoms with Gasteiger partial charge < -0.3 is 10.1 Å². The number of aromatic nitrogens is 1. The number of carbonyl (C=O) groups is 2. The first kappa shape index (κ1) is 18.6. The van der Waals surface area contributed by atoms with Crippen LogP contribution in [-0.4, -0.2) is 23.5 Å². The maximum atomic E-state index is 11.9. The first-order valence-electron chi connectivity index (χ1n) is 8.31. The SMILES string of the molecule is O=C(COC(=O)Cc1ccc(-c2ccccc2)cc1)Nc1ccc(Cl)cn1. The molecule has 3 rings (SSSR count). The standard InChI is InChI=1S/C21H17ClN2O3/c22-18-10-11-19(23-13-18)24-20(25)14-27-21(26)12-15-6-8-17(9-7-15)16-4-2-1-3-5-16/h1-11,13H,12,14H2,(H,23,24,25). The molecule has 136 valence electrons. The van der Waals surface area contributed by atoms with Crippen molar-refractivity contribution in [2.24, 2.45) is 0 Å². The Kier molecular flexibility index (Phi) is 6.18. The van der Waals surface area contributed by atoms with E-state index >= 15 is 0 Å². The fourth-order valence-electron chi connectivity index (χ4n) is 2.44. The molecule has 0 aliphatic heterocycles. The van der Waals surface area contributed by atoms with Gasteiger partial charge in [0.15, 0.2) is 6.61 Å². The van der Waals surface area contributed by atoms with Crippen molar-refractivity contribution >= 4 is 29.3 Å². The Balaban J connectivity index is 1.47. The van der Waals surface area contributed by atoms with Gasteiger partial charge in [0.1, 0.15) is 5.82 Å². The summed E-state index contributed by atoms with van der Waals surface area (Å²) in [5, 5.41) is 3.00. The summed E-state index contributed by atoms with van der Waals surface area (Å²) in [5.41, 5.74) is 3.00. The van der Waals surface area contributed by atoms with E-state index in [2.05, 4.69) is 10.3 Å². The van der Waals surface area contributed by atoms with Gasteiger partial charge in [-0.3, -0.25) is 9.59 Å². The number of halogens is 1. The first-order chi connectivity index (χ1) is 13.1. The molecule has 6 heteroatoms. The lowest BCUT2D eigenvalue weighted by Crippen LogP contribution is -2.22. The highest BCUT2D eigenvalue weighted by Crippen LogP contribution is 2.19. The van der Waals surface area contributed by atoms with Gasteiger partial charge in [0.25, 0.3) is 5.91 Å². The van der Waals surface area contributed by atoms with E-state index in [9.17, 15) is 9.59 Å². The van der Waals surface area contributed by atoms with E-state index in [1.54, 1.807) is 12.1 Å². The summed E-state index contributed by atoms with van der Waals surface area (Å²) in [6.45, 7) is -0.370. The zero-order valence-electron chi connectivity index (χ0n) is 14.4. The van der Waals surface area contributed by atoms with E-state index in [4.69, 9.17) is 16.3 Å². The maximum absolute atomic E-state index is 11.9. The Morgan fingerprint density at radius 2 is 1.63 bits per heavy atom.